The summed E-state index contributed by atoms with van der Waals surface area (Å²) in [6.07, 6.45) is -1.99. The molecule has 0 aliphatic carbocycles. The third kappa shape index (κ3) is 6.41. The fraction of sp³-hybridized carbons (Fsp3) is 0.429. The highest BCUT2D eigenvalue weighted by Gasteiger charge is 2.41. The lowest BCUT2D eigenvalue weighted by molar-refractivity contribution is -0.205. The quantitative estimate of drug-likeness (QED) is 0.266. The molecule has 11 nitrogen and oxygen atoms in total. The van der Waals surface area contributed by atoms with Crippen LogP contribution in [0, 0.1) is 0 Å². The van der Waals surface area contributed by atoms with Crippen molar-refractivity contribution in [2.45, 2.75) is 38.5 Å². The van der Waals surface area contributed by atoms with Gasteiger partial charge < -0.3 is 30.4 Å². The molecule has 2 aromatic heterocycles. The van der Waals surface area contributed by atoms with E-state index in [-0.39, 0.29) is 30.9 Å². The van der Waals surface area contributed by atoms with E-state index in [2.05, 4.69) is 25.1 Å². The predicted octanol–water partition coefficient (Wildman–Crippen LogP) is 2.48. The van der Waals surface area contributed by atoms with Gasteiger partial charge in [0, 0.05) is 0 Å². The van der Waals surface area contributed by atoms with Crippen LogP contribution in [-0.4, -0.2) is 63.6 Å². The first kappa shape index (κ1) is 25.8. The van der Waals surface area contributed by atoms with Crippen molar-refractivity contribution < 1.29 is 37.3 Å². The number of aliphatic hydroxyl groups excluding tert-OH is 1. The number of hydrogen-bond donors (Lipinski definition) is 3. The first-order valence-corrected chi connectivity index (χ1v) is 10.6. The molecule has 0 aliphatic heterocycles. The summed E-state index contributed by atoms with van der Waals surface area (Å²) in [6.45, 7) is 0.997. The van der Waals surface area contributed by atoms with E-state index < -0.39 is 18.9 Å². The first-order valence-electron chi connectivity index (χ1n) is 10.6. The SMILES string of the molecule is CCC[C@H](CO)Nc1nc(N)nc2cn(Cc3c(OC)cccc3OCOC(=O)C(F)(F)F)nc12. The number of esters is 1. The number of ether oxygens (including phenoxy) is 3. The molecular weight excluding hydrogens is 473 g/mol. The highest BCUT2D eigenvalue weighted by molar-refractivity contribution is 5.86. The number of nitrogens with zero attached hydrogens (tertiary/aromatic N) is 4. The van der Waals surface area contributed by atoms with Crippen molar-refractivity contribution in [2.75, 3.05) is 31.6 Å². The molecule has 190 valence electrons. The molecule has 0 radical (unpaired) electrons. The van der Waals surface area contributed by atoms with Gasteiger partial charge >= 0.3 is 12.1 Å². The molecule has 3 rings (SSSR count). The van der Waals surface area contributed by atoms with Crippen molar-refractivity contribution in [3.63, 3.8) is 0 Å². The van der Waals surface area contributed by atoms with Crippen LogP contribution < -0.4 is 20.5 Å². The van der Waals surface area contributed by atoms with Crippen LogP contribution in [-0.2, 0) is 16.1 Å². The van der Waals surface area contributed by atoms with Crippen molar-refractivity contribution in [3.05, 3.63) is 30.0 Å². The summed E-state index contributed by atoms with van der Waals surface area (Å²) < 4.78 is 53.4. The molecule has 0 spiro atoms. The second kappa shape index (κ2) is 11.1. The number of nitrogens with two attached hydrogens (primary N) is 1. The summed E-state index contributed by atoms with van der Waals surface area (Å²) in [4.78, 5) is 19.3. The molecule has 35 heavy (non-hydrogen) atoms. The zero-order valence-corrected chi connectivity index (χ0v) is 19.0. The van der Waals surface area contributed by atoms with Gasteiger partial charge in [-0.15, -0.1) is 0 Å². The Morgan fingerprint density at radius 1 is 1.29 bits per heavy atom. The molecule has 2 heterocycles. The van der Waals surface area contributed by atoms with E-state index in [1.807, 2.05) is 6.92 Å². The van der Waals surface area contributed by atoms with Gasteiger partial charge in [0.25, 0.3) is 0 Å². The fourth-order valence-electron chi connectivity index (χ4n) is 3.33. The largest absolute Gasteiger partial charge is 0.496 e. The lowest BCUT2D eigenvalue weighted by Crippen LogP contribution is -2.27. The van der Waals surface area contributed by atoms with E-state index in [0.29, 0.717) is 34.6 Å². The third-order valence-corrected chi connectivity index (χ3v) is 4.89. The molecule has 0 amide bonds. The Balaban J connectivity index is 1.87. The van der Waals surface area contributed by atoms with Crippen molar-refractivity contribution in [3.8, 4) is 11.5 Å². The van der Waals surface area contributed by atoms with Gasteiger partial charge in [0.2, 0.25) is 12.7 Å². The molecule has 0 saturated heterocycles. The van der Waals surface area contributed by atoms with Gasteiger partial charge in [-0.3, -0.25) is 4.68 Å². The Bertz CT molecular complexity index is 1170. The number of carbonyl (C=O) groups is 1. The maximum atomic E-state index is 12.4. The average molecular weight is 498 g/mol. The monoisotopic (exact) mass is 498 g/mol. The number of benzene rings is 1. The van der Waals surface area contributed by atoms with E-state index >= 15 is 0 Å². The number of aliphatic hydroxyl groups is 1. The molecule has 1 aromatic carbocycles. The number of nitrogen functional groups attached to an aromatic ring is 1. The van der Waals surface area contributed by atoms with Crippen molar-refractivity contribution in [2.24, 2.45) is 0 Å². The van der Waals surface area contributed by atoms with Gasteiger partial charge in [-0.25, -0.2) is 9.78 Å². The first-order chi connectivity index (χ1) is 16.7. The average Bonchev–Trinajstić information content (AvgIpc) is 3.21. The van der Waals surface area contributed by atoms with Gasteiger partial charge in [0.1, 0.15) is 17.0 Å². The Morgan fingerprint density at radius 2 is 2.03 bits per heavy atom. The van der Waals surface area contributed by atoms with Crippen LogP contribution >= 0.6 is 0 Å². The number of hydrogen-bond acceptors (Lipinski definition) is 10. The van der Waals surface area contributed by atoms with E-state index in [4.69, 9.17) is 15.2 Å². The van der Waals surface area contributed by atoms with Gasteiger partial charge in [-0.2, -0.15) is 23.3 Å². The van der Waals surface area contributed by atoms with Crippen LogP contribution in [0.1, 0.15) is 25.3 Å². The number of carbonyl (C=O) groups excluding carboxylic acids is 1. The number of anilines is 2. The number of aromatic nitrogens is 4. The number of alkyl halides is 3. The molecular formula is C21H25F3N6O5. The van der Waals surface area contributed by atoms with E-state index in [9.17, 15) is 23.1 Å². The van der Waals surface area contributed by atoms with E-state index in [0.717, 1.165) is 6.42 Å². The Hall–Kier alpha value is -3.81. The molecule has 3 aromatic rings. The minimum absolute atomic E-state index is 0.0144. The molecule has 14 heteroatoms. The highest BCUT2D eigenvalue weighted by Crippen LogP contribution is 2.30. The van der Waals surface area contributed by atoms with Crippen LogP contribution in [0.5, 0.6) is 11.5 Å². The second-order valence-electron chi connectivity index (χ2n) is 7.43. The van der Waals surface area contributed by atoms with Crippen LogP contribution in [0.2, 0.25) is 0 Å². The van der Waals surface area contributed by atoms with Crippen LogP contribution in [0.25, 0.3) is 11.0 Å². The van der Waals surface area contributed by atoms with Crippen LogP contribution in [0.4, 0.5) is 24.9 Å². The summed E-state index contributed by atoms with van der Waals surface area (Å²) in [5.74, 6) is -1.49. The van der Waals surface area contributed by atoms with Gasteiger partial charge in [-0.05, 0) is 18.6 Å². The van der Waals surface area contributed by atoms with Gasteiger partial charge in [0.05, 0.1) is 38.1 Å². The van der Waals surface area contributed by atoms with Crippen LogP contribution in [0.3, 0.4) is 0 Å². The van der Waals surface area contributed by atoms with E-state index in [1.54, 1.807) is 18.3 Å². The van der Waals surface area contributed by atoms with Crippen molar-refractivity contribution in [1.29, 1.82) is 0 Å². The topological polar surface area (TPSA) is 147 Å². The number of methoxy groups -OCH3 is 1. The predicted molar refractivity (Wildman–Crippen MR) is 119 cm³/mol. The van der Waals surface area contributed by atoms with Gasteiger partial charge in [0.15, 0.2) is 11.3 Å². The van der Waals surface area contributed by atoms with Crippen LogP contribution in [0.15, 0.2) is 24.4 Å². The molecule has 0 saturated carbocycles. The second-order valence-corrected chi connectivity index (χ2v) is 7.43. The van der Waals surface area contributed by atoms with Gasteiger partial charge in [-0.1, -0.05) is 19.4 Å². The fourth-order valence-corrected chi connectivity index (χ4v) is 3.33. The van der Waals surface area contributed by atoms with Crippen molar-refractivity contribution in [1.82, 2.24) is 19.7 Å². The molecule has 0 fully saturated rings. The molecule has 0 aliphatic rings. The highest BCUT2D eigenvalue weighted by atomic mass is 19.4. The molecule has 0 bridgehead atoms. The smallest absolute Gasteiger partial charge is 0.491 e. The lowest BCUT2D eigenvalue weighted by Gasteiger charge is -2.16. The molecule has 1 atom stereocenters. The summed E-state index contributed by atoms with van der Waals surface area (Å²) >= 11 is 0. The minimum Gasteiger partial charge on any atom is -0.496 e. The normalized spacial score (nSPS) is 12.4. The molecule has 0 unspecified atom stereocenters. The maximum Gasteiger partial charge on any atom is 0.491 e. The zero-order valence-electron chi connectivity index (χ0n) is 19.0. The molecule has 4 N–H and O–H groups in total. The lowest BCUT2D eigenvalue weighted by atomic mass is 10.1. The number of fused-ring (bicyclic) bond motifs is 1. The third-order valence-electron chi connectivity index (χ3n) is 4.89. The number of nitrogens with one attached hydrogen (secondary N) is 1. The summed E-state index contributed by atoms with van der Waals surface area (Å²) in [5, 5.41) is 17.2. The standard InChI is InChI=1S/C21H25F3N6O5/c1-3-5-12(10-31)26-18-17-14(27-20(25)28-18)9-30(29-17)8-13-15(33-2)6-4-7-16(13)34-11-35-19(32)21(22,23)24/h4,6-7,9,12,31H,3,5,8,10-11H2,1-2H3,(H3,25,26,27,28)/t12-/m1/s1. The summed E-state index contributed by atoms with van der Waals surface area (Å²) in [7, 11) is 1.42. The summed E-state index contributed by atoms with van der Waals surface area (Å²) in [6, 6.07) is 4.44. The number of halogens is 3. The van der Waals surface area contributed by atoms with E-state index in [1.165, 1.54) is 17.9 Å². The Morgan fingerprint density at radius 3 is 2.69 bits per heavy atom. The maximum absolute atomic E-state index is 12.4. The number of rotatable bonds is 11. The minimum atomic E-state index is -5.13. The Kier molecular flexibility index (Phi) is 8.17. The zero-order chi connectivity index (χ0) is 25.6. The van der Waals surface area contributed by atoms with Crippen molar-refractivity contribution >= 4 is 28.8 Å². The Labute approximate surface area is 198 Å². The summed E-state index contributed by atoms with van der Waals surface area (Å²) in [5.41, 5.74) is 7.11.